The first-order valence-corrected chi connectivity index (χ1v) is 6.34. The highest BCUT2D eigenvalue weighted by molar-refractivity contribution is 5.82. The van der Waals surface area contributed by atoms with Crippen molar-refractivity contribution in [2.24, 2.45) is 5.92 Å². The van der Waals surface area contributed by atoms with Gasteiger partial charge < -0.3 is 15.5 Å². The van der Waals surface area contributed by atoms with Gasteiger partial charge in [-0.25, -0.2) is 4.79 Å². The predicted octanol–water partition coefficient (Wildman–Crippen LogP) is 0.703. The van der Waals surface area contributed by atoms with Crippen LogP contribution in [0.1, 0.15) is 33.6 Å². The van der Waals surface area contributed by atoms with Crippen molar-refractivity contribution in [2.75, 3.05) is 6.54 Å². The highest BCUT2D eigenvalue weighted by Gasteiger charge is 2.44. The Morgan fingerprint density at radius 1 is 1.47 bits per heavy atom. The Hall–Kier alpha value is -1.26. The molecule has 3 atom stereocenters. The van der Waals surface area contributed by atoms with E-state index in [0.717, 1.165) is 6.42 Å². The van der Waals surface area contributed by atoms with Crippen LogP contribution in [0, 0.1) is 5.92 Å². The maximum absolute atomic E-state index is 11.8. The molecule has 1 aliphatic carbocycles. The molecule has 0 bridgehead atoms. The van der Waals surface area contributed by atoms with Gasteiger partial charge in [0, 0.05) is 25.0 Å². The molecule has 3 amide bonds. The first-order valence-electron chi connectivity index (χ1n) is 6.34. The molecule has 0 spiro atoms. The zero-order valence-corrected chi connectivity index (χ0v) is 10.7. The molecule has 0 aromatic rings. The van der Waals surface area contributed by atoms with Crippen molar-refractivity contribution in [1.82, 2.24) is 15.5 Å². The van der Waals surface area contributed by atoms with E-state index in [9.17, 15) is 9.59 Å². The van der Waals surface area contributed by atoms with Crippen LogP contribution in [0.2, 0.25) is 0 Å². The van der Waals surface area contributed by atoms with E-state index in [-0.39, 0.29) is 24.0 Å². The average Bonchev–Trinajstić information content (AvgIpc) is 2.78. The van der Waals surface area contributed by atoms with E-state index in [1.54, 1.807) is 0 Å². The summed E-state index contributed by atoms with van der Waals surface area (Å²) in [4.78, 5) is 25.2. The maximum atomic E-state index is 11.8. The number of amides is 3. The minimum atomic E-state index is -0.177. The van der Waals surface area contributed by atoms with Gasteiger partial charge in [-0.05, 0) is 26.2 Å². The third-order valence-electron chi connectivity index (χ3n) is 3.38. The predicted molar refractivity (Wildman–Crippen MR) is 64.5 cm³/mol. The van der Waals surface area contributed by atoms with E-state index in [2.05, 4.69) is 17.6 Å². The molecule has 0 radical (unpaired) electrons. The number of carbonyl (C=O) groups excluding carboxylic acids is 2. The lowest BCUT2D eigenvalue weighted by atomic mass is 10.2. The SMILES string of the molecule is CC(C)NC(=O)N[C@@H]1CC(=O)N([C@@H]2C[C@@H]2C)C1. The summed E-state index contributed by atoms with van der Waals surface area (Å²) in [6, 6.07) is 0.326. The van der Waals surface area contributed by atoms with Gasteiger partial charge in [0.2, 0.25) is 5.91 Å². The van der Waals surface area contributed by atoms with Crippen LogP contribution in [-0.2, 0) is 4.79 Å². The van der Waals surface area contributed by atoms with E-state index in [1.807, 2.05) is 18.7 Å². The van der Waals surface area contributed by atoms with Crippen LogP contribution in [0.15, 0.2) is 0 Å². The quantitative estimate of drug-likeness (QED) is 0.761. The zero-order chi connectivity index (χ0) is 12.6. The summed E-state index contributed by atoms with van der Waals surface area (Å²) < 4.78 is 0. The van der Waals surface area contributed by atoms with Crippen molar-refractivity contribution in [3.63, 3.8) is 0 Å². The molecule has 1 saturated carbocycles. The van der Waals surface area contributed by atoms with Gasteiger partial charge in [-0.15, -0.1) is 0 Å². The largest absolute Gasteiger partial charge is 0.337 e. The second-order valence-electron chi connectivity index (χ2n) is 5.50. The first-order chi connectivity index (χ1) is 7.97. The summed E-state index contributed by atoms with van der Waals surface area (Å²) in [7, 11) is 0. The molecular formula is C12H21N3O2. The van der Waals surface area contributed by atoms with Gasteiger partial charge in [0.25, 0.3) is 0 Å². The first kappa shape index (κ1) is 12.2. The van der Waals surface area contributed by atoms with Crippen molar-refractivity contribution in [2.45, 2.75) is 51.7 Å². The third-order valence-corrected chi connectivity index (χ3v) is 3.38. The minimum absolute atomic E-state index is 0.0333. The van der Waals surface area contributed by atoms with Crippen LogP contribution in [0.25, 0.3) is 0 Å². The molecule has 5 nitrogen and oxygen atoms in total. The summed E-state index contributed by atoms with van der Waals surface area (Å²) in [5, 5.41) is 5.63. The second-order valence-corrected chi connectivity index (χ2v) is 5.50. The third kappa shape index (κ3) is 2.90. The van der Waals surface area contributed by atoms with Crippen LogP contribution in [0.4, 0.5) is 4.79 Å². The van der Waals surface area contributed by atoms with Crippen molar-refractivity contribution in [1.29, 1.82) is 0 Å². The Bertz CT molecular complexity index is 330. The number of nitrogens with zero attached hydrogens (tertiary/aromatic N) is 1. The minimum Gasteiger partial charge on any atom is -0.337 e. The van der Waals surface area contributed by atoms with E-state index in [1.165, 1.54) is 0 Å². The van der Waals surface area contributed by atoms with Gasteiger partial charge in [-0.2, -0.15) is 0 Å². The van der Waals surface area contributed by atoms with E-state index < -0.39 is 0 Å². The highest BCUT2D eigenvalue weighted by atomic mass is 16.2. The lowest BCUT2D eigenvalue weighted by Crippen LogP contribution is -2.45. The molecule has 0 unspecified atom stereocenters. The van der Waals surface area contributed by atoms with Gasteiger partial charge in [-0.1, -0.05) is 6.92 Å². The molecule has 2 fully saturated rings. The molecule has 5 heteroatoms. The number of rotatable bonds is 3. The van der Waals surface area contributed by atoms with Gasteiger partial charge >= 0.3 is 6.03 Å². The number of hydrogen-bond donors (Lipinski definition) is 2. The van der Waals surface area contributed by atoms with Gasteiger partial charge in [0.15, 0.2) is 0 Å². The number of hydrogen-bond acceptors (Lipinski definition) is 2. The zero-order valence-electron chi connectivity index (χ0n) is 10.7. The standard InChI is InChI=1S/C12H21N3O2/c1-7(2)13-12(17)14-9-5-11(16)15(6-9)10-4-8(10)3/h7-10H,4-6H2,1-3H3,(H2,13,14,17)/t8-,9+,10+/m0/s1. The second kappa shape index (κ2) is 4.55. The Balaban J connectivity index is 1.80. The monoisotopic (exact) mass is 239 g/mol. The summed E-state index contributed by atoms with van der Waals surface area (Å²) in [6.07, 6.45) is 1.55. The molecule has 2 N–H and O–H groups in total. The van der Waals surface area contributed by atoms with Crippen LogP contribution in [0.5, 0.6) is 0 Å². The Morgan fingerprint density at radius 2 is 2.12 bits per heavy atom. The molecule has 0 aromatic carbocycles. The Morgan fingerprint density at radius 3 is 2.65 bits per heavy atom. The summed E-state index contributed by atoms with van der Waals surface area (Å²) in [5.74, 6) is 0.802. The fourth-order valence-corrected chi connectivity index (χ4v) is 2.37. The highest BCUT2D eigenvalue weighted by Crippen LogP contribution is 2.37. The number of carbonyl (C=O) groups is 2. The lowest BCUT2D eigenvalue weighted by Gasteiger charge is -2.17. The van der Waals surface area contributed by atoms with Crippen LogP contribution in [-0.4, -0.2) is 41.5 Å². The van der Waals surface area contributed by atoms with Gasteiger partial charge in [0.05, 0.1) is 6.04 Å². The normalized spacial score (nSPS) is 31.9. The van der Waals surface area contributed by atoms with Gasteiger partial charge in [0.1, 0.15) is 0 Å². The number of nitrogens with one attached hydrogen (secondary N) is 2. The van der Waals surface area contributed by atoms with Crippen molar-refractivity contribution in [3.8, 4) is 0 Å². The number of likely N-dealkylation sites (tertiary alicyclic amines) is 1. The fourth-order valence-electron chi connectivity index (χ4n) is 2.37. The molecular weight excluding hydrogens is 218 g/mol. The number of urea groups is 1. The molecule has 1 saturated heterocycles. The van der Waals surface area contributed by atoms with Crippen LogP contribution < -0.4 is 10.6 Å². The molecule has 96 valence electrons. The topological polar surface area (TPSA) is 61.4 Å². The molecule has 0 aromatic heterocycles. The van der Waals surface area contributed by atoms with Crippen LogP contribution in [0.3, 0.4) is 0 Å². The summed E-state index contributed by atoms with van der Waals surface area (Å²) >= 11 is 0. The fraction of sp³-hybridized carbons (Fsp3) is 0.833. The molecule has 2 rings (SSSR count). The smallest absolute Gasteiger partial charge is 0.315 e. The summed E-state index contributed by atoms with van der Waals surface area (Å²) in [5.41, 5.74) is 0. The molecule has 17 heavy (non-hydrogen) atoms. The summed E-state index contributed by atoms with van der Waals surface area (Å²) in [6.45, 7) is 6.65. The Kier molecular flexibility index (Phi) is 3.26. The van der Waals surface area contributed by atoms with Gasteiger partial charge in [-0.3, -0.25) is 4.79 Å². The van der Waals surface area contributed by atoms with E-state index >= 15 is 0 Å². The van der Waals surface area contributed by atoms with E-state index in [4.69, 9.17) is 0 Å². The lowest BCUT2D eigenvalue weighted by molar-refractivity contribution is -0.128. The molecule has 2 aliphatic rings. The average molecular weight is 239 g/mol. The van der Waals surface area contributed by atoms with Crippen molar-refractivity contribution in [3.05, 3.63) is 0 Å². The van der Waals surface area contributed by atoms with E-state index in [0.29, 0.717) is 24.9 Å². The maximum Gasteiger partial charge on any atom is 0.315 e. The Labute approximate surface area is 102 Å². The molecule has 1 heterocycles. The van der Waals surface area contributed by atoms with Crippen molar-refractivity contribution >= 4 is 11.9 Å². The van der Waals surface area contributed by atoms with Crippen molar-refractivity contribution < 1.29 is 9.59 Å². The molecule has 1 aliphatic heterocycles. The van der Waals surface area contributed by atoms with Crippen LogP contribution >= 0.6 is 0 Å².